The minimum Gasteiger partial charge on any atom is -0.497 e. The summed E-state index contributed by atoms with van der Waals surface area (Å²) in [4.78, 5) is 30.7. The first-order valence-corrected chi connectivity index (χ1v) is 11.8. The number of aliphatic imine (C=N–C) groups is 1. The zero-order valence-corrected chi connectivity index (χ0v) is 22.8. The van der Waals surface area contributed by atoms with Crippen LogP contribution in [0.4, 0.5) is 9.59 Å². The van der Waals surface area contributed by atoms with Gasteiger partial charge in [-0.1, -0.05) is 37.8 Å². The van der Waals surface area contributed by atoms with E-state index in [4.69, 9.17) is 14.2 Å². The maximum Gasteiger partial charge on any atom is 0.437 e. The Morgan fingerprint density at radius 1 is 1.03 bits per heavy atom. The predicted molar refractivity (Wildman–Crippen MR) is 139 cm³/mol. The molecule has 1 rings (SSSR count). The second-order valence-electron chi connectivity index (χ2n) is 10.6. The Kier molecular flexibility index (Phi) is 11.1. The second kappa shape index (κ2) is 13.0. The van der Waals surface area contributed by atoms with E-state index in [1.807, 2.05) is 24.3 Å². The number of hydrogen-bond donors (Lipinski definition) is 1. The van der Waals surface area contributed by atoms with Crippen LogP contribution >= 0.6 is 0 Å². The molecule has 0 aromatic heterocycles. The monoisotopic (exact) mass is 487 g/mol. The molecule has 0 saturated heterocycles. The smallest absolute Gasteiger partial charge is 0.437 e. The van der Waals surface area contributed by atoms with E-state index in [9.17, 15) is 9.59 Å². The quantitative estimate of drug-likeness (QED) is 0.340. The summed E-state index contributed by atoms with van der Waals surface area (Å²) in [6.07, 6.45) is -0.300. The van der Waals surface area contributed by atoms with Gasteiger partial charge in [0.05, 0.1) is 13.2 Å². The molecular weight excluding hydrogens is 446 g/mol. The summed E-state index contributed by atoms with van der Waals surface area (Å²) in [7, 11) is 3.36. The van der Waals surface area contributed by atoms with Crippen molar-refractivity contribution in [2.75, 3.05) is 14.2 Å². The molecule has 1 N–H and O–H groups in total. The van der Waals surface area contributed by atoms with Crippen molar-refractivity contribution in [2.24, 2.45) is 10.9 Å². The van der Waals surface area contributed by atoms with Crippen molar-refractivity contribution >= 4 is 18.1 Å². The molecule has 1 unspecified atom stereocenters. The Morgan fingerprint density at radius 3 is 2.09 bits per heavy atom. The van der Waals surface area contributed by atoms with Crippen LogP contribution in [0.15, 0.2) is 29.3 Å². The zero-order valence-electron chi connectivity index (χ0n) is 22.8. The third-order valence-corrected chi connectivity index (χ3v) is 4.42. The number of ether oxygens (including phenoxy) is 3. The maximum absolute atomic E-state index is 12.5. The highest BCUT2D eigenvalue weighted by Crippen LogP contribution is 2.14. The Labute approximate surface area is 210 Å². The van der Waals surface area contributed by atoms with E-state index in [0.717, 1.165) is 11.3 Å². The van der Waals surface area contributed by atoms with E-state index in [1.165, 1.54) is 0 Å². The number of methoxy groups -OCH3 is 1. The van der Waals surface area contributed by atoms with Gasteiger partial charge in [-0.15, -0.1) is 4.99 Å². The number of benzene rings is 1. The number of carbonyl (C=O) groups is 2. The summed E-state index contributed by atoms with van der Waals surface area (Å²) in [5, 5.41) is 2.60. The van der Waals surface area contributed by atoms with Crippen molar-refractivity contribution in [3.63, 3.8) is 0 Å². The summed E-state index contributed by atoms with van der Waals surface area (Å²) in [6.45, 7) is 14.7. The van der Waals surface area contributed by atoms with E-state index in [2.05, 4.69) is 36.0 Å². The lowest BCUT2D eigenvalue weighted by Gasteiger charge is -2.29. The van der Waals surface area contributed by atoms with E-state index < -0.39 is 23.4 Å². The first-order valence-electron chi connectivity index (χ1n) is 11.8. The lowest BCUT2D eigenvalue weighted by Crippen LogP contribution is -2.48. The van der Waals surface area contributed by atoms with Crippen LogP contribution in [0.1, 0.15) is 67.4 Å². The molecule has 0 spiro atoms. The third kappa shape index (κ3) is 12.7. The molecule has 35 heavy (non-hydrogen) atoms. The first kappa shape index (κ1) is 29.8. The molecule has 1 aromatic carbocycles. The fourth-order valence-corrected chi connectivity index (χ4v) is 2.88. The molecule has 0 aliphatic rings. The highest BCUT2D eigenvalue weighted by Gasteiger charge is 2.25. The van der Waals surface area contributed by atoms with Crippen molar-refractivity contribution in [1.82, 2.24) is 10.2 Å². The number of rotatable bonds is 5. The normalized spacial score (nSPS) is 12.8. The van der Waals surface area contributed by atoms with Gasteiger partial charge in [-0.2, -0.15) is 0 Å². The minimum atomic E-state index is -0.815. The fourth-order valence-electron chi connectivity index (χ4n) is 2.88. The molecule has 0 saturated carbocycles. The molecule has 0 aliphatic carbocycles. The van der Waals surface area contributed by atoms with Crippen molar-refractivity contribution < 1.29 is 23.8 Å². The largest absolute Gasteiger partial charge is 0.497 e. The van der Waals surface area contributed by atoms with E-state index in [-0.39, 0.29) is 12.0 Å². The first-order chi connectivity index (χ1) is 16.1. The highest BCUT2D eigenvalue weighted by molar-refractivity contribution is 5.99. The van der Waals surface area contributed by atoms with Gasteiger partial charge in [0.1, 0.15) is 17.0 Å². The van der Waals surface area contributed by atoms with Crippen LogP contribution < -0.4 is 10.1 Å². The molecule has 0 bridgehead atoms. The summed E-state index contributed by atoms with van der Waals surface area (Å²) in [6, 6.07) is 7.41. The average Bonchev–Trinajstić information content (AvgIpc) is 2.69. The molecule has 0 fully saturated rings. The second-order valence-corrected chi connectivity index (χ2v) is 10.6. The van der Waals surface area contributed by atoms with E-state index in [1.54, 1.807) is 60.6 Å². The van der Waals surface area contributed by atoms with Gasteiger partial charge in [0.25, 0.3) is 0 Å². The zero-order chi connectivity index (χ0) is 26.8. The Morgan fingerprint density at radius 2 is 1.60 bits per heavy atom. The van der Waals surface area contributed by atoms with Gasteiger partial charge in [-0.3, -0.25) is 5.32 Å². The lowest BCUT2D eigenvalue weighted by molar-refractivity contribution is 0.0554. The summed E-state index contributed by atoms with van der Waals surface area (Å²) in [5.74, 6) is 7.59. The summed E-state index contributed by atoms with van der Waals surface area (Å²) >= 11 is 0. The molecule has 8 nitrogen and oxygen atoms in total. The number of nitrogens with one attached hydrogen (secondary N) is 1. The number of alkyl carbamates (subject to hydrolysis) is 1. The summed E-state index contributed by atoms with van der Waals surface area (Å²) in [5.41, 5.74) is -0.389. The molecular formula is C27H41N3O5. The van der Waals surface area contributed by atoms with E-state index in [0.29, 0.717) is 18.8 Å². The van der Waals surface area contributed by atoms with Gasteiger partial charge in [0.2, 0.25) is 5.96 Å². The van der Waals surface area contributed by atoms with Gasteiger partial charge < -0.3 is 19.1 Å². The van der Waals surface area contributed by atoms with Crippen LogP contribution in [0, 0.1) is 17.8 Å². The topological polar surface area (TPSA) is 89.5 Å². The minimum absolute atomic E-state index is 0.0119. The number of amides is 2. The summed E-state index contributed by atoms with van der Waals surface area (Å²) < 4.78 is 15.9. The molecule has 1 aromatic rings. The van der Waals surface area contributed by atoms with Gasteiger partial charge in [-0.05, 0) is 71.6 Å². The van der Waals surface area contributed by atoms with Crippen molar-refractivity contribution in [1.29, 1.82) is 0 Å². The van der Waals surface area contributed by atoms with Crippen LogP contribution in [0.3, 0.4) is 0 Å². The Hall–Kier alpha value is -3.21. The molecule has 0 heterocycles. The standard InChI is InChI=1S/C27H41N3O5/c1-19(2)18-21(13-11-12-20-14-16-22(33-10)17-15-20)30(9)23(28-24(31)34-26(3,4)5)29-25(32)35-27(6,7)8/h14-17,19,21H,12,18H2,1-10H3,(H,28,29,31,32). The maximum atomic E-state index is 12.5. The van der Waals surface area contributed by atoms with Crippen LogP contribution in [0.5, 0.6) is 5.75 Å². The van der Waals surface area contributed by atoms with E-state index >= 15 is 0 Å². The van der Waals surface area contributed by atoms with Crippen LogP contribution in [-0.2, 0) is 15.9 Å². The van der Waals surface area contributed by atoms with Crippen LogP contribution in [0.2, 0.25) is 0 Å². The molecule has 0 radical (unpaired) electrons. The molecule has 194 valence electrons. The average molecular weight is 488 g/mol. The number of carbonyl (C=O) groups excluding carboxylic acids is 2. The lowest BCUT2D eigenvalue weighted by atomic mass is 10.0. The SMILES string of the molecule is COc1ccc(CC#CC(CC(C)C)N(C)/C(=N\C(=O)OC(C)(C)C)NC(=O)OC(C)(C)C)cc1. The molecule has 8 heteroatoms. The van der Waals surface area contributed by atoms with Crippen molar-refractivity contribution in [3.05, 3.63) is 29.8 Å². The van der Waals surface area contributed by atoms with Gasteiger partial charge in [0.15, 0.2) is 0 Å². The van der Waals surface area contributed by atoms with Gasteiger partial charge in [-0.25, -0.2) is 9.59 Å². The van der Waals surface area contributed by atoms with Crippen LogP contribution in [0.25, 0.3) is 0 Å². The van der Waals surface area contributed by atoms with Crippen LogP contribution in [-0.4, -0.2) is 54.4 Å². The highest BCUT2D eigenvalue weighted by atomic mass is 16.6. The molecule has 0 aliphatic heterocycles. The number of guanidine groups is 1. The number of hydrogen-bond acceptors (Lipinski definition) is 5. The molecule has 2 amide bonds. The Bertz CT molecular complexity index is 929. The Balaban J connectivity index is 3.20. The third-order valence-electron chi connectivity index (χ3n) is 4.42. The van der Waals surface area contributed by atoms with Crippen molar-refractivity contribution in [3.8, 4) is 17.6 Å². The van der Waals surface area contributed by atoms with Gasteiger partial charge in [0, 0.05) is 13.5 Å². The van der Waals surface area contributed by atoms with Crippen molar-refractivity contribution in [2.45, 2.75) is 85.5 Å². The predicted octanol–water partition coefficient (Wildman–Crippen LogP) is 5.40. The molecule has 1 atom stereocenters. The fraction of sp³-hybridized carbons (Fsp3) is 0.593. The number of nitrogens with zero attached hydrogens (tertiary/aromatic N) is 2. The van der Waals surface area contributed by atoms with Gasteiger partial charge >= 0.3 is 12.2 Å².